The Hall–Kier alpha value is -2.82. The van der Waals surface area contributed by atoms with Gasteiger partial charge in [0.15, 0.2) is 5.66 Å². The van der Waals surface area contributed by atoms with Crippen LogP contribution in [0, 0.1) is 0 Å². The Morgan fingerprint density at radius 1 is 1.09 bits per heavy atom. The summed E-state index contributed by atoms with van der Waals surface area (Å²) in [6, 6.07) is 14.9. The van der Waals surface area contributed by atoms with E-state index in [1.165, 1.54) is 0 Å². The van der Waals surface area contributed by atoms with Gasteiger partial charge in [0.1, 0.15) is 12.5 Å². The number of amides is 1. The molecule has 2 unspecified atom stereocenters. The lowest BCUT2D eigenvalue weighted by molar-refractivity contribution is -0.139. The lowest BCUT2D eigenvalue weighted by Gasteiger charge is -2.42. The topological polar surface area (TPSA) is 58.6 Å². The highest BCUT2D eigenvalue weighted by molar-refractivity contribution is 6.16. The summed E-state index contributed by atoms with van der Waals surface area (Å²) in [6.45, 7) is 0.158. The van der Waals surface area contributed by atoms with Gasteiger partial charge in [0.05, 0.1) is 11.3 Å². The summed E-state index contributed by atoms with van der Waals surface area (Å²) < 4.78 is 5.30. The molecule has 3 aliphatic rings. The van der Waals surface area contributed by atoms with Crippen LogP contribution in [0.4, 0.5) is 11.4 Å². The van der Waals surface area contributed by atoms with Gasteiger partial charge >= 0.3 is 5.97 Å². The normalized spacial score (nSPS) is 27.5. The number of rotatable bonds is 0. The minimum Gasteiger partial charge on any atom is -0.461 e. The largest absolute Gasteiger partial charge is 0.461 e. The Morgan fingerprint density at radius 2 is 1.86 bits per heavy atom. The van der Waals surface area contributed by atoms with Crippen LogP contribution in [0.15, 0.2) is 48.5 Å². The second-order valence-electron chi connectivity index (χ2n) is 5.83. The average Bonchev–Trinajstić information content (AvgIpc) is 3.00. The van der Waals surface area contributed by atoms with E-state index in [2.05, 4.69) is 5.32 Å². The Morgan fingerprint density at radius 3 is 2.77 bits per heavy atom. The second kappa shape index (κ2) is 3.68. The molecule has 0 aliphatic carbocycles. The molecule has 0 radical (unpaired) electrons. The Kier molecular flexibility index (Phi) is 1.97. The van der Waals surface area contributed by atoms with Gasteiger partial charge in [0, 0.05) is 5.69 Å². The molecular formula is C17H12N2O3. The van der Waals surface area contributed by atoms with Crippen LogP contribution >= 0.6 is 0 Å². The lowest BCUT2D eigenvalue weighted by atomic mass is 9.90. The number of ether oxygens (including phenoxy) is 1. The van der Waals surface area contributed by atoms with E-state index in [1.807, 2.05) is 42.5 Å². The van der Waals surface area contributed by atoms with Gasteiger partial charge in [-0.15, -0.1) is 0 Å². The molecule has 5 rings (SSSR count). The molecule has 1 N–H and O–H groups in total. The van der Waals surface area contributed by atoms with Crippen molar-refractivity contribution in [2.24, 2.45) is 0 Å². The van der Waals surface area contributed by atoms with E-state index in [0.29, 0.717) is 5.56 Å². The molecule has 2 aromatic carbocycles. The van der Waals surface area contributed by atoms with Crippen LogP contribution < -0.4 is 10.2 Å². The van der Waals surface area contributed by atoms with Crippen molar-refractivity contribution < 1.29 is 14.3 Å². The Bertz CT molecular complexity index is 847. The molecule has 1 fully saturated rings. The van der Waals surface area contributed by atoms with E-state index in [-0.39, 0.29) is 18.5 Å². The number of benzene rings is 2. The van der Waals surface area contributed by atoms with Crippen molar-refractivity contribution in [1.29, 1.82) is 0 Å². The molecule has 1 amide bonds. The molecular weight excluding hydrogens is 280 g/mol. The standard InChI is InChI=1S/C17H12N2O3/c20-15-10-5-1-3-7-12(10)18-17-9-22-16(21)14(17)11-6-2-4-8-13(11)19(15)17/h1-8,14,18H,9H2. The Balaban J connectivity index is 1.82. The number of carbonyl (C=O) groups excluding carboxylic acids is 2. The van der Waals surface area contributed by atoms with E-state index in [9.17, 15) is 9.59 Å². The van der Waals surface area contributed by atoms with Crippen LogP contribution in [0.3, 0.4) is 0 Å². The molecule has 1 spiro atoms. The van der Waals surface area contributed by atoms with E-state index in [0.717, 1.165) is 16.9 Å². The molecule has 22 heavy (non-hydrogen) atoms. The van der Waals surface area contributed by atoms with E-state index < -0.39 is 11.6 Å². The van der Waals surface area contributed by atoms with Gasteiger partial charge in [-0.05, 0) is 23.8 Å². The molecule has 0 bridgehead atoms. The molecule has 2 aromatic rings. The summed E-state index contributed by atoms with van der Waals surface area (Å²) in [6.07, 6.45) is 0. The van der Waals surface area contributed by atoms with Crippen molar-refractivity contribution in [2.75, 3.05) is 16.8 Å². The predicted octanol–water partition coefficient (Wildman–Crippen LogP) is 2.11. The zero-order valence-corrected chi connectivity index (χ0v) is 11.6. The minimum absolute atomic E-state index is 0.0948. The fraction of sp³-hybridized carbons (Fsp3) is 0.176. The highest BCUT2D eigenvalue weighted by Gasteiger charge is 2.64. The third-order valence-corrected chi connectivity index (χ3v) is 4.75. The van der Waals surface area contributed by atoms with Gasteiger partial charge in [-0.25, -0.2) is 0 Å². The summed E-state index contributed by atoms with van der Waals surface area (Å²) in [7, 11) is 0. The van der Waals surface area contributed by atoms with Crippen molar-refractivity contribution in [1.82, 2.24) is 0 Å². The number of carbonyl (C=O) groups is 2. The highest BCUT2D eigenvalue weighted by atomic mass is 16.5. The second-order valence-corrected chi connectivity index (χ2v) is 5.83. The van der Waals surface area contributed by atoms with Crippen LogP contribution in [-0.2, 0) is 9.53 Å². The van der Waals surface area contributed by atoms with Crippen molar-refractivity contribution in [3.05, 3.63) is 59.7 Å². The molecule has 5 nitrogen and oxygen atoms in total. The van der Waals surface area contributed by atoms with Gasteiger partial charge in [-0.1, -0.05) is 30.3 Å². The third-order valence-electron chi connectivity index (χ3n) is 4.75. The predicted molar refractivity (Wildman–Crippen MR) is 79.7 cm³/mol. The molecule has 3 aliphatic heterocycles. The summed E-state index contributed by atoms with van der Waals surface area (Å²) in [5, 5.41) is 3.40. The summed E-state index contributed by atoms with van der Waals surface area (Å²) >= 11 is 0. The lowest BCUT2D eigenvalue weighted by Crippen LogP contribution is -2.61. The van der Waals surface area contributed by atoms with Crippen molar-refractivity contribution in [3.63, 3.8) is 0 Å². The smallest absolute Gasteiger partial charge is 0.318 e. The van der Waals surface area contributed by atoms with E-state index in [4.69, 9.17) is 4.74 Å². The first kappa shape index (κ1) is 11.8. The molecule has 3 heterocycles. The van der Waals surface area contributed by atoms with Gasteiger partial charge in [0.25, 0.3) is 5.91 Å². The monoisotopic (exact) mass is 292 g/mol. The van der Waals surface area contributed by atoms with Crippen LogP contribution in [-0.4, -0.2) is 24.1 Å². The summed E-state index contributed by atoms with van der Waals surface area (Å²) in [5.41, 5.74) is 2.16. The van der Waals surface area contributed by atoms with Gasteiger partial charge in [0.2, 0.25) is 0 Å². The maximum atomic E-state index is 13.0. The number of hydrogen-bond acceptors (Lipinski definition) is 4. The van der Waals surface area contributed by atoms with Crippen molar-refractivity contribution >= 4 is 23.3 Å². The highest BCUT2D eigenvalue weighted by Crippen LogP contribution is 2.54. The van der Waals surface area contributed by atoms with E-state index >= 15 is 0 Å². The molecule has 2 atom stereocenters. The number of fused-ring (bicyclic) bond motifs is 4. The van der Waals surface area contributed by atoms with Crippen LogP contribution in [0.2, 0.25) is 0 Å². The number of hydrogen-bond donors (Lipinski definition) is 1. The van der Waals surface area contributed by atoms with Crippen LogP contribution in [0.5, 0.6) is 0 Å². The number of anilines is 2. The first-order chi connectivity index (χ1) is 10.7. The summed E-state index contributed by atoms with van der Waals surface area (Å²) in [5.74, 6) is -0.863. The number of esters is 1. The SMILES string of the molecule is O=C1OCC23Nc4ccccc4C(=O)N2c2ccccc2C13. The minimum atomic E-state index is -0.841. The first-order valence-electron chi connectivity index (χ1n) is 7.20. The molecule has 5 heteroatoms. The quantitative estimate of drug-likeness (QED) is 0.756. The van der Waals surface area contributed by atoms with E-state index in [1.54, 1.807) is 11.0 Å². The molecule has 0 saturated carbocycles. The number of nitrogens with one attached hydrogen (secondary N) is 1. The Labute approximate surface area is 126 Å². The third kappa shape index (κ3) is 1.16. The van der Waals surface area contributed by atoms with Crippen LogP contribution in [0.1, 0.15) is 21.8 Å². The fourth-order valence-electron chi connectivity index (χ4n) is 3.86. The van der Waals surface area contributed by atoms with Gasteiger partial charge < -0.3 is 10.1 Å². The number of cyclic esters (lactones) is 1. The first-order valence-corrected chi connectivity index (χ1v) is 7.20. The molecule has 108 valence electrons. The summed E-state index contributed by atoms with van der Waals surface area (Å²) in [4.78, 5) is 27.0. The fourth-order valence-corrected chi connectivity index (χ4v) is 3.86. The maximum absolute atomic E-state index is 13.0. The van der Waals surface area contributed by atoms with Crippen molar-refractivity contribution in [2.45, 2.75) is 11.6 Å². The maximum Gasteiger partial charge on any atom is 0.318 e. The number of nitrogens with zero attached hydrogens (tertiary/aromatic N) is 1. The van der Waals surface area contributed by atoms with Crippen LogP contribution in [0.25, 0.3) is 0 Å². The average molecular weight is 292 g/mol. The van der Waals surface area contributed by atoms with Gasteiger partial charge in [-0.2, -0.15) is 0 Å². The van der Waals surface area contributed by atoms with Crippen molar-refractivity contribution in [3.8, 4) is 0 Å². The zero-order chi connectivity index (χ0) is 14.9. The van der Waals surface area contributed by atoms with Gasteiger partial charge in [-0.3, -0.25) is 14.5 Å². The number of para-hydroxylation sites is 2. The molecule has 1 saturated heterocycles. The molecule has 0 aromatic heterocycles. The zero-order valence-electron chi connectivity index (χ0n) is 11.6.